The van der Waals surface area contributed by atoms with E-state index in [2.05, 4.69) is 0 Å². The largest absolute Gasteiger partial charge is 0.374 e. The number of halogens is 1. The highest BCUT2D eigenvalue weighted by Gasteiger charge is 2.47. The first-order chi connectivity index (χ1) is 16.9. The van der Waals surface area contributed by atoms with Crippen molar-refractivity contribution in [3.05, 3.63) is 105 Å². The molecule has 2 aromatic carbocycles. The first-order valence-corrected chi connectivity index (χ1v) is 11.4. The van der Waals surface area contributed by atoms with Crippen molar-refractivity contribution in [3.63, 3.8) is 0 Å². The van der Waals surface area contributed by atoms with Crippen LogP contribution >= 0.6 is 0 Å². The number of benzene rings is 2. The van der Waals surface area contributed by atoms with Crippen molar-refractivity contribution >= 4 is 5.78 Å². The lowest BCUT2D eigenvalue weighted by atomic mass is 9.94. The van der Waals surface area contributed by atoms with Gasteiger partial charge in [-0.1, -0.05) is 60.7 Å². The Bertz CT molecular complexity index is 1240. The normalized spacial score (nSPS) is 21.8. The van der Waals surface area contributed by atoms with Gasteiger partial charge >= 0.3 is 5.69 Å². The van der Waals surface area contributed by atoms with Crippen molar-refractivity contribution in [2.45, 2.75) is 45.0 Å². The summed E-state index contributed by atoms with van der Waals surface area (Å²) in [4.78, 5) is 38.1. The molecule has 3 aromatic rings. The quantitative estimate of drug-likeness (QED) is 0.477. The molecular weight excluding hydrogens is 455 g/mol. The fourth-order valence-electron chi connectivity index (χ4n) is 4.26. The fourth-order valence-corrected chi connectivity index (χ4v) is 4.26. The Balaban J connectivity index is 1.60. The van der Waals surface area contributed by atoms with Crippen LogP contribution in [-0.2, 0) is 32.2 Å². The third-order valence-corrected chi connectivity index (χ3v) is 5.87. The van der Waals surface area contributed by atoms with Crippen LogP contribution < -0.4 is 11.2 Å². The Morgan fingerprint density at radius 2 is 1.66 bits per heavy atom. The van der Waals surface area contributed by atoms with Crippen LogP contribution in [0.4, 0.5) is 4.39 Å². The third kappa shape index (κ3) is 6.19. The van der Waals surface area contributed by atoms with Crippen molar-refractivity contribution in [2.75, 3.05) is 6.61 Å². The summed E-state index contributed by atoms with van der Waals surface area (Å²) in [5, 5.41) is 0. The predicted molar refractivity (Wildman–Crippen MR) is 125 cm³/mol. The van der Waals surface area contributed by atoms with Gasteiger partial charge in [-0.15, -0.1) is 0 Å². The van der Waals surface area contributed by atoms with Gasteiger partial charge in [-0.3, -0.25) is 14.3 Å². The molecule has 0 amide bonds. The topological polar surface area (TPSA) is 99.6 Å². The van der Waals surface area contributed by atoms with Crippen LogP contribution in [0.1, 0.15) is 30.7 Å². The van der Waals surface area contributed by atoms with Crippen LogP contribution in [0.5, 0.6) is 0 Å². The van der Waals surface area contributed by atoms with E-state index in [1.54, 1.807) is 0 Å². The number of H-pyrrole nitrogens is 1. The minimum atomic E-state index is -1.12. The highest BCUT2D eigenvalue weighted by atomic mass is 19.1. The number of nitrogens with zero attached hydrogens (tertiary/aromatic N) is 1. The van der Waals surface area contributed by atoms with E-state index in [4.69, 9.17) is 14.2 Å². The van der Waals surface area contributed by atoms with Gasteiger partial charge in [0.25, 0.3) is 5.56 Å². The molecule has 0 radical (unpaired) electrons. The lowest BCUT2D eigenvalue weighted by Crippen LogP contribution is -2.37. The van der Waals surface area contributed by atoms with Gasteiger partial charge in [0.15, 0.2) is 0 Å². The van der Waals surface area contributed by atoms with Crippen molar-refractivity contribution in [3.8, 4) is 0 Å². The molecular formula is C26H27FN2O6. The molecule has 8 nitrogen and oxygen atoms in total. The van der Waals surface area contributed by atoms with Gasteiger partial charge in [-0.05, 0) is 18.1 Å². The van der Waals surface area contributed by atoms with Crippen LogP contribution in [0.25, 0.3) is 0 Å². The van der Waals surface area contributed by atoms with E-state index in [1.807, 2.05) is 65.6 Å². The summed E-state index contributed by atoms with van der Waals surface area (Å²) in [7, 11) is 0. The first-order valence-electron chi connectivity index (χ1n) is 11.4. The van der Waals surface area contributed by atoms with Crippen molar-refractivity contribution in [1.82, 2.24) is 9.55 Å². The van der Waals surface area contributed by atoms with Gasteiger partial charge in [0.05, 0.1) is 32.1 Å². The van der Waals surface area contributed by atoms with Gasteiger partial charge in [-0.25, -0.2) is 4.79 Å². The summed E-state index contributed by atoms with van der Waals surface area (Å²) >= 11 is 0. The SMILES string of the molecule is CC(=O)C[C@H]1[C@@H](OCc2ccccc2)[C@@H](COCc2ccccc2)O[C@@H]1n1cc(F)c(=O)[nH]c1=O. The van der Waals surface area contributed by atoms with Crippen LogP contribution in [0.3, 0.4) is 0 Å². The Hall–Kier alpha value is -3.40. The second kappa shape index (κ2) is 11.4. The molecule has 4 atom stereocenters. The van der Waals surface area contributed by atoms with Crippen LogP contribution in [0.2, 0.25) is 0 Å². The maximum atomic E-state index is 14.1. The number of ether oxygens (including phenoxy) is 3. The number of carbonyl (C=O) groups is 1. The molecule has 35 heavy (non-hydrogen) atoms. The molecule has 0 unspecified atom stereocenters. The lowest BCUT2D eigenvalue weighted by molar-refractivity contribution is -0.120. The number of aromatic amines is 1. The Morgan fingerprint density at radius 1 is 1.03 bits per heavy atom. The molecule has 1 saturated heterocycles. The highest BCUT2D eigenvalue weighted by molar-refractivity contribution is 5.75. The minimum Gasteiger partial charge on any atom is -0.374 e. The maximum absolute atomic E-state index is 14.1. The molecule has 0 bridgehead atoms. The average molecular weight is 483 g/mol. The third-order valence-electron chi connectivity index (χ3n) is 5.87. The number of ketones is 1. The van der Waals surface area contributed by atoms with Crippen LogP contribution in [0.15, 0.2) is 76.4 Å². The second-order valence-corrected chi connectivity index (χ2v) is 8.54. The Labute approximate surface area is 201 Å². The van der Waals surface area contributed by atoms with Gasteiger partial charge in [-0.2, -0.15) is 4.39 Å². The monoisotopic (exact) mass is 482 g/mol. The van der Waals surface area contributed by atoms with Crippen LogP contribution in [0, 0.1) is 11.7 Å². The van der Waals surface area contributed by atoms with E-state index in [0.29, 0.717) is 6.61 Å². The average Bonchev–Trinajstić information content (AvgIpc) is 3.17. The van der Waals surface area contributed by atoms with Gasteiger partial charge in [0, 0.05) is 12.3 Å². The van der Waals surface area contributed by atoms with Gasteiger partial charge in [0.1, 0.15) is 18.1 Å². The fraction of sp³-hybridized carbons (Fsp3) is 0.346. The molecule has 4 rings (SSSR count). The summed E-state index contributed by atoms with van der Waals surface area (Å²) < 4.78 is 33.3. The molecule has 1 N–H and O–H groups in total. The zero-order valence-corrected chi connectivity index (χ0v) is 19.3. The standard InChI is InChI=1S/C26H27FN2O6/c1-17(30)12-20-23(34-15-19-10-6-3-7-11-19)22(16-33-14-18-8-4-2-5-9-18)35-25(20)29-13-21(27)24(31)28-26(29)32/h2-11,13,20,22-23,25H,12,14-16H2,1H3,(H,28,31,32)/t20-,22+,23+,25-/m0/s1. The number of nitrogens with one attached hydrogen (secondary N) is 1. The molecule has 1 aromatic heterocycles. The van der Waals surface area contributed by atoms with Crippen molar-refractivity contribution < 1.29 is 23.4 Å². The Morgan fingerprint density at radius 3 is 2.29 bits per heavy atom. The summed E-state index contributed by atoms with van der Waals surface area (Å²) in [6.07, 6.45) is -1.45. The lowest BCUT2D eigenvalue weighted by Gasteiger charge is -2.24. The van der Waals surface area contributed by atoms with E-state index in [0.717, 1.165) is 21.9 Å². The van der Waals surface area contributed by atoms with E-state index in [-0.39, 0.29) is 25.4 Å². The summed E-state index contributed by atoms with van der Waals surface area (Å²) in [6, 6.07) is 19.1. The van der Waals surface area contributed by atoms with Crippen molar-refractivity contribution in [2.24, 2.45) is 5.92 Å². The smallest absolute Gasteiger partial charge is 0.330 e. The zero-order valence-electron chi connectivity index (χ0n) is 19.3. The van der Waals surface area contributed by atoms with Crippen molar-refractivity contribution in [1.29, 1.82) is 0 Å². The van der Waals surface area contributed by atoms with E-state index < -0.39 is 41.4 Å². The maximum Gasteiger partial charge on any atom is 0.330 e. The highest BCUT2D eigenvalue weighted by Crippen LogP contribution is 2.39. The number of rotatable bonds is 10. The summed E-state index contributed by atoms with van der Waals surface area (Å²) in [5.41, 5.74) is -0.0497. The molecule has 1 aliphatic rings. The molecule has 0 saturated carbocycles. The van der Waals surface area contributed by atoms with E-state index in [9.17, 15) is 18.8 Å². The van der Waals surface area contributed by atoms with E-state index >= 15 is 0 Å². The molecule has 2 heterocycles. The number of hydrogen-bond acceptors (Lipinski definition) is 6. The van der Waals surface area contributed by atoms with Gasteiger partial charge in [0.2, 0.25) is 5.82 Å². The number of hydrogen-bond donors (Lipinski definition) is 1. The van der Waals surface area contributed by atoms with Gasteiger partial charge < -0.3 is 19.0 Å². The molecule has 0 spiro atoms. The predicted octanol–water partition coefficient (Wildman–Crippen LogP) is 2.97. The number of aromatic nitrogens is 2. The Kier molecular flexibility index (Phi) is 8.02. The molecule has 184 valence electrons. The molecule has 1 aliphatic heterocycles. The summed E-state index contributed by atoms with van der Waals surface area (Å²) in [6.45, 7) is 2.14. The van der Waals surface area contributed by atoms with E-state index in [1.165, 1.54) is 6.92 Å². The molecule has 1 fully saturated rings. The first kappa shape index (κ1) is 24.7. The second-order valence-electron chi connectivity index (χ2n) is 8.54. The molecule has 9 heteroatoms. The number of carbonyl (C=O) groups excluding carboxylic acids is 1. The summed E-state index contributed by atoms with van der Waals surface area (Å²) in [5.74, 6) is -1.87. The number of Topliss-reactive ketones (excluding diaryl/α,β-unsaturated/α-hetero) is 1. The molecule has 0 aliphatic carbocycles. The zero-order chi connectivity index (χ0) is 24.8. The van der Waals surface area contributed by atoms with Crippen LogP contribution in [-0.4, -0.2) is 34.1 Å². The minimum absolute atomic E-state index is 0.0342.